The molecule has 8 heteroatoms. The van der Waals surface area contributed by atoms with Crippen molar-refractivity contribution in [3.05, 3.63) is 77.8 Å². The molecule has 1 fully saturated rings. The van der Waals surface area contributed by atoms with E-state index < -0.39 is 0 Å². The van der Waals surface area contributed by atoms with Crippen LogP contribution in [0.15, 0.2) is 72.8 Å². The maximum absolute atomic E-state index is 12.7. The number of para-hydroxylation sites is 3. The van der Waals surface area contributed by atoms with Crippen LogP contribution in [0.4, 0.5) is 11.4 Å². The minimum absolute atomic E-state index is 0.0160. The minimum atomic E-state index is -0.0957. The Morgan fingerprint density at radius 2 is 1.57 bits per heavy atom. The van der Waals surface area contributed by atoms with Crippen LogP contribution in [0.1, 0.15) is 12.8 Å². The van der Waals surface area contributed by atoms with Gasteiger partial charge in [0.1, 0.15) is 17.2 Å². The Kier molecular flexibility index (Phi) is 8.23. The molecule has 2 N–H and O–H groups in total. The van der Waals surface area contributed by atoms with Crippen molar-refractivity contribution < 1.29 is 19.1 Å². The van der Waals surface area contributed by atoms with Crippen molar-refractivity contribution in [2.75, 3.05) is 37.4 Å². The van der Waals surface area contributed by atoms with E-state index in [4.69, 9.17) is 21.1 Å². The zero-order valence-corrected chi connectivity index (χ0v) is 20.3. The van der Waals surface area contributed by atoms with Gasteiger partial charge in [0.2, 0.25) is 11.8 Å². The molecule has 3 aromatic carbocycles. The normalized spacial score (nSPS) is 14.2. The van der Waals surface area contributed by atoms with Gasteiger partial charge in [-0.05, 0) is 74.5 Å². The number of piperidine rings is 1. The number of hydrogen-bond acceptors (Lipinski definition) is 5. The standard InChI is InChI=1S/C27H28ClN3O4/c1-34-25-9-5-3-7-23(25)30-27(33)19-14-16-31(17-15-19)18-26(32)29-20-10-12-21(13-11-20)35-24-8-4-2-6-22(24)28/h2-13,19H,14-18H2,1H3,(H,29,32)(H,30,33). The number of likely N-dealkylation sites (tertiary alicyclic amines) is 1. The van der Waals surface area contributed by atoms with Crippen molar-refractivity contribution in [1.82, 2.24) is 4.90 Å². The number of benzene rings is 3. The number of halogens is 1. The number of ether oxygens (including phenoxy) is 2. The predicted octanol–water partition coefficient (Wildman–Crippen LogP) is 5.43. The Morgan fingerprint density at radius 1 is 0.914 bits per heavy atom. The van der Waals surface area contributed by atoms with Crippen LogP contribution in [0.5, 0.6) is 17.2 Å². The summed E-state index contributed by atoms with van der Waals surface area (Å²) in [6.07, 6.45) is 1.39. The van der Waals surface area contributed by atoms with Crippen molar-refractivity contribution >= 4 is 34.8 Å². The van der Waals surface area contributed by atoms with Crippen molar-refractivity contribution in [1.29, 1.82) is 0 Å². The molecule has 35 heavy (non-hydrogen) atoms. The van der Waals surface area contributed by atoms with Gasteiger partial charge < -0.3 is 20.1 Å². The zero-order valence-electron chi connectivity index (χ0n) is 19.5. The number of nitrogens with one attached hydrogen (secondary N) is 2. The van der Waals surface area contributed by atoms with E-state index in [0.717, 1.165) is 0 Å². The highest BCUT2D eigenvalue weighted by atomic mass is 35.5. The molecule has 0 saturated carbocycles. The summed E-state index contributed by atoms with van der Waals surface area (Å²) >= 11 is 6.13. The highest BCUT2D eigenvalue weighted by Gasteiger charge is 2.26. The molecule has 182 valence electrons. The Balaban J connectivity index is 1.22. The molecule has 0 aromatic heterocycles. The van der Waals surface area contributed by atoms with E-state index in [1.807, 2.05) is 36.4 Å². The molecule has 0 aliphatic carbocycles. The molecule has 0 atom stereocenters. The van der Waals surface area contributed by atoms with E-state index in [0.29, 0.717) is 59.6 Å². The SMILES string of the molecule is COc1ccccc1NC(=O)C1CCN(CC(=O)Nc2ccc(Oc3ccccc3Cl)cc2)CC1. The molecule has 1 heterocycles. The molecule has 0 bridgehead atoms. The number of carbonyl (C=O) groups excluding carboxylic acids is 2. The van der Waals surface area contributed by atoms with E-state index >= 15 is 0 Å². The number of amides is 2. The molecule has 1 aliphatic rings. The average Bonchev–Trinajstić information content (AvgIpc) is 2.87. The Hall–Kier alpha value is -3.55. The third kappa shape index (κ3) is 6.74. The summed E-state index contributed by atoms with van der Waals surface area (Å²) < 4.78 is 11.1. The van der Waals surface area contributed by atoms with E-state index in [1.54, 1.807) is 43.5 Å². The smallest absolute Gasteiger partial charge is 0.238 e. The Labute approximate surface area is 210 Å². The van der Waals surface area contributed by atoms with Gasteiger partial charge >= 0.3 is 0 Å². The van der Waals surface area contributed by atoms with Crippen LogP contribution in [-0.2, 0) is 9.59 Å². The van der Waals surface area contributed by atoms with Gasteiger partial charge in [0, 0.05) is 11.6 Å². The fourth-order valence-electron chi connectivity index (χ4n) is 4.00. The molecular weight excluding hydrogens is 466 g/mol. The van der Waals surface area contributed by atoms with Crippen LogP contribution >= 0.6 is 11.6 Å². The maximum Gasteiger partial charge on any atom is 0.238 e. The lowest BCUT2D eigenvalue weighted by Crippen LogP contribution is -2.41. The van der Waals surface area contributed by atoms with Gasteiger partial charge in [0.05, 0.1) is 24.4 Å². The molecule has 4 rings (SSSR count). The van der Waals surface area contributed by atoms with Gasteiger partial charge in [-0.1, -0.05) is 35.9 Å². The lowest BCUT2D eigenvalue weighted by molar-refractivity contribution is -0.121. The summed E-state index contributed by atoms with van der Waals surface area (Å²) in [7, 11) is 1.58. The summed E-state index contributed by atoms with van der Waals surface area (Å²) in [5.41, 5.74) is 1.36. The first-order valence-corrected chi connectivity index (χ1v) is 11.9. The number of carbonyl (C=O) groups is 2. The third-order valence-electron chi connectivity index (χ3n) is 5.89. The van der Waals surface area contributed by atoms with Gasteiger partial charge in [0.15, 0.2) is 0 Å². The summed E-state index contributed by atoms with van der Waals surface area (Å²) in [6, 6.07) is 21.8. The summed E-state index contributed by atoms with van der Waals surface area (Å²) in [4.78, 5) is 27.3. The number of hydrogen-bond donors (Lipinski definition) is 2. The van der Waals surface area contributed by atoms with Crippen LogP contribution < -0.4 is 20.1 Å². The monoisotopic (exact) mass is 493 g/mol. The van der Waals surface area contributed by atoms with Gasteiger partial charge in [-0.2, -0.15) is 0 Å². The second-order valence-corrected chi connectivity index (χ2v) is 8.75. The first kappa shape index (κ1) is 24.6. The number of nitrogens with zero attached hydrogens (tertiary/aromatic N) is 1. The quantitative estimate of drug-likeness (QED) is 0.437. The predicted molar refractivity (Wildman–Crippen MR) is 137 cm³/mol. The fraction of sp³-hybridized carbons (Fsp3) is 0.259. The van der Waals surface area contributed by atoms with Crippen LogP contribution in [0, 0.1) is 5.92 Å². The van der Waals surface area contributed by atoms with Gasteiger partial charge in [-0.15, -0.1) is 0 Å². The summed E-state index contributed by atoms with van der Waals surface area (Å²) in [6.45, 7) is 1.64. The van der Waals surface area contributed by atoms with Crippen LogP contribution in [-0.4, -0.2) is 43.5 Å². The molecule has 3 aromatic rings. The Morgan fingerprint density at radius 3 is 2.26 bits per heavy atom. The molecule has 2 amide bonds. The molecule has 7 nitrogen and oxygen atoms in total. The molecule has 0 radical (unpaired) electrons. The van der Waals surface area contributed by atoms with Gasteiger partial charge in [-0.3, -0.25) is 14.5 Å². The van der Waals surface area contributed by atoms with E-state index in [-0.39, 0.29) is 24.3 Å². The van der Waals surface area contributed by atoms with Crippen molar-refractivity contribution in [2.24, 2.45) is 5.92 Å². The van der Waals surface area contributed by atoms with E-state index in [9.17, 15) is 9.59 Å². The molecule has 1 saturated heterocycles. The second kappa shape index (κ2) is 11.7. The van der Waals surface area contributed by atoms with Gasteiger partial charge in [0.25, 0.3) is 0 Å². The lowest BCUT2D eigenvalue weighted by atomic mass is 9.95. The van der Waals surface area contributed by atoms with Crippen molar-refractivity contribution in [3.8, 4) is 17.2 Å². The summed E-state index contributed by atoms with van der Waals surface area (Å²) in [5.74, 6) is 1.64. The lowest BCUT2D eigenvalue weighted by Gasteiger charge is -2.30. The largest absolute Gasteiger partial charge is 0.495 e. The topological polar surface area (TPSA) is 79.9 Å². The minimum Gasteiger partial charge on any atom is -0.495 e. The van der Waals surface area contributed by atoms with Crippen LogP contribution in [0.2, 0.25) is 5.02 Å². The van der Waals surface area contributed by atoms with Crippen molar-refractivity contribution in [3.63, 3.8) is 0 Å². The van der Waals surface area contributed by atoms with E-state index in [2.05, 4.69) is 15.5 Å². The second-order valence-electron chi connectivity index (χ2n) is 8.34. The van der Waals surface area contributed by atoms with Crippen LogP contribution in [0.3, 0.4) is 0 Å². The van der Waals surface area contributed by atoms with E-state index in [1.165, 1.54) is 0 Å². The third-order valence-corrected chi connectivity index (χ3v) is 6.21. The molecule has 0 spiro atoms. The maximum atomic E-state index is 12.7. The first-order chi connectivity index (χ1) is 17.0. The number of rotatable bonds is 8. The van der Waals surface area contributed by atoms with Crippen molar-refractivity contribution in [2.45, 2.75) is 12.8 Å². The molecular formula is C27H28ClN3O4. The Bertz CT molecular complexity index is 1160. The summed E-state index contributed by atoms with van der Waals surface area (Å²) in [5, 5.41) is 6.41. The first-order valence-electron chi connectivity index (χ1n) is 11.5. The number of methoxy groups -OCH3 is 1. The highest BCUT2D eigenvalue weighted by molar-refractivity contribution is 6.32. The molecule has 1 aliphatic heterocycles. The van der Waals surface area contributed by atoms with Crippen LogP contribution in [0.25, 0.3) is 0 Å². The number of anilines is 2. The molecule has 0 unspecified atom stereocenters. The zero-order chi connectivity index (χ0) is 24.6. The van der Waals surface area contributed by atoms with Gasteiger partial charge in [-0.25, -0.2) is 0 Å². The highest BCUT2D eigenvalue weighted by Crippen LogP contribution is 2.29. The fourth-order valence-corrected chi connectivity index (χ4v) is 4.17. The average molecular weight is 494 g/mol.